The Morgan fingerprint density at radius 1 is 1.14 bits per heavy atom. The lowest BCUT2D eigenvalue weighted by molar-refractivity contribution is -0.131. The van der Waals surface area contributed by atoms with Crippen molar-refractivity contribution >= 4 is 11.7 Å². The van der Waals surface area contributed by atoms with Crippen LogP contribution in [-0.2, 0) is 9.59 Å². The van der Waals surface area contributed by atoms with E-state index in [1.54, 1.807) is 0 Å². The zero-order chi connectivity index (χ0) is 16.6. The third kappa shape index (κ3) is 7.10. The molecule has 21 heavy (non-hydrogen) atoms. The van der Waals surface area contributed by atoms with Crippen molar-refractivity contribution in [2.75, 3.05) is 6.54 Å². The van der Waals surface area contributed by atoms with Gasteiger partial charge in [0.05, 0.1) is 0 Å². The van der Waals surface area contributed by atoms with Gasteiger partial charge in [0.2, 0.25) is 5.91 Å². The molecule has 0 spiro atoms. The van der Waals surface area contributed by atoms with Crippen molar-refractivity contribution in [1.29, 1.82) is 0 Å². The number of Topliss-reactive ketones (excluding diaryl/α,β-unsaturated/α-hetero) is 1. The zero-order valence-corrected chi connectivity index (χ0v) is 15.1. The maximum Gasteiger partial charge on any atom is 0.222 e. The highest BCUT2D eigenvalue weighted by molar-refractivity contribution is 5.86. The van der Waals surface area contributed by atoms with Crippen LogP contribution in [-0.4, -0.2) is 18.2 Å². The zero-order valence-electron chi connectivity index (χ0n) is 15.1. The molecule has 1 saturated carbocycles. The number of hydrogen-bond acceptors (Lipinski definition) is 2. The van der Waals surface area contributed by atoms with Crippen LogP contribution in [0.4, 0.5) is 0 Å². The number of amides is 1. The molecule has 1 fully saturated rings. The Morgan fingerprint density at radius 3 is 2.19 bits per heavy atom. The van der Waals surface area contributed by atoms with Gasteiger partial charge in [0.25, 0.3) is 0 Å². The lowest BCUT2D eigenvalue weighted by Crippen LogP contribution is -2.37. The minimum Gasteiger partial charge on any atom is -0.356 e. The molecule has 0 aliphatic heterocycles. The molecule has 1 rings (SSSR count). The fourth-order valence-corrected chi connectivity index (χ4v) is 2.78. The Morgan fingerprint density at radius 2 is 1.71 bits per heavy atom. The van der Waals surface area contributed by atoms with Gasteiger partial charge in [-0.1, -0.05) is 54.9 Å². The lowest BCUT2D eigenvalue weighted by atomic mass is 9.73. The van der Waals surface area contributed by atoms with Crippen LogP contribution >= 0.6 is 0 Å². The van der Waals surface area contributed by atoms with Crippen molar-refractivity contribution in [3.63, 3.8) is 0 Å². The summed E-state index contributed by atoms with van der Waals surface area (Å²) < 4.78 is 0. The van der Waals surface area contributed by atoms with Gasteiger partial charge in [0, 0.05) is 23.8 Å². The summed E-state index contributed by atoms with van der Waals surface area (Å²) >= 11 is 0. The summed E-state index contributed by atoms with van der Waals surface area (Å²) in [6.07, 6.45) is 4.19. The third-order valence-corrected chi connectivity index (χ3v) is 3.98. The lowest BCUT2D eigenvalue weighted by Gasteiger charge is -2.32. The van der Waals surface area contributed by atoms with E-state index in [-0.39, 0.29) is 23.2 Å². The van der Waals surface area contributed by atoms with E-state index in [0.717, 1.165) is 32.2 Å². The number of rotatable bonds is 4. The molecule has 1 amide bonds. The largest absolute Gasteiger partial charge is 0.356 e. The van der Waals surface area contributed by atoms with Crippen molar-refractivity contribution in [1.82, 2.24) is 5.32 Å². The van der Waals surface area contributed by atoms with Crippen LogP contribution in [0.3, 0.4) is 0 Å². The van der Waals surface area contributed by atoms with E-state index < -0.39 is 0 Å². The first-order valence-corrected chi connectivity index (χ1v) is 8.54. The fraction of sp³-hybridized carbons (Fsp3) is 0.889. The molecule has 0 aromatic rings. The molecule has 0 aromatic carbocycles. The Bertz CT molecular complexity index is 329. The molecule has 3 heteroatoms. The van der Waals surface area contributed by atoms with Gasteiger partial charge in [-0.25, -0.2) is 0 Å². The summed E-state index contributed by atoms with van der Waals surface area (Å²) in [6.45, 7) is 14.5. The van der Waals surface area contributed by atoms with Gasteiger partial charge in [-0.2, -0.15) is 0 Å². The van der Waals surface area contributed by atoms with E-state index in [9.17, 15) is 9.59 Å². The minimum atomic E-state index is -0.242. The van der Waals surface area contributed by atoms with Gasteiger partial charge >= 0.3 is 0 Å². The molecule has 3 nitrogen and oxygen atoms in total. The molecule has 1 aliphatic carbocycles. The summed E-state index contributed by atoms with van der Waals surface area (Å²) in [6, 6.07) is 0. The molecule has 1 N–H and O–H groups in total. The average Bonchev–Trinajstić information content (AvgIpc) is 2.45. The van der Waals surface area contributed by atoms with E-state index in [1.165, 1.54) is 0 Å². The van der Waals surface area contributed by atoms with Gasteiger partial charge in [-0.05, 0) is 25.2 Å². The first kappa shape index (κ1) is 20.1. The predicted octanol–water partition coefficient (Wildman–Crippen LogP) is 4.21. The summed E-state index contributed by atoms with van der Waals surface area (Å²) in [7, 11) is 0. The Kier molecular flexibility index (Phi) is 8.84. The molecule has 0 aromatic heterocycles. The van der Waals surface area contributed by atoms with Crippen LogP contribution in [0, 0.1) is 23.2 Å². The SMILES string of the molecule is CC.CC(C)C(=O)NCC1CCCC(C(=O)C(C)(C)C)C1. The number of carbonyl (C=O) groups is 2. The average molecular weight is 297 g/mol. The molecular weight excluding hydrogens is 262 g/mol. The first-order valence-electron chi connectivity index (χ1n) is 8.54. The molecule has 0 saturated heterocycles. The summed E-state index contributed by atoms with van der Waals surface area (Å²) in [5.41, 5.74) is -0.242. The second-order valence-electron chi connectivity index (χ2n) is 7.24. The number of carbonyl (C=O) groups excluding carboxylic acids is 2. The topological polar surface area (TPSA) is 46.2 Å². The van der Waals surface area contributed by atoms with Gasteiger partial charge in [0.1, 0.15) is 5.78 Å². The molecular formula is C18H35NO2. The summed E-state index contributed by atoms with van der Waals surface area (Å²) in [5, 5.41) is 3.00. The van der Waals surface area contributed by atoms with E-state index in [0.29, 0.717) is 11.7 Å². The van der Waals surface area contributed by atoms with Crippen molar-refractivity contribution in [2.45, 2.75) is 74.1 Å². The van der Waals surface area contributed by atoms with Gasteiger partial charge in [-0.3, -0.25) is 9.59 Å². The van der Waals surface area contributed by atoms with Crippen molar-refractivity contribution in [2.24, 2.45) is 23.2 Å². The number of hydrogen-bond donors (Lipinski definition) is 1. The van der Waals surface area contributed by atoms with E-state index in [4.69, 9.17) is 0 Å². The minimum absolute atomic E-state index is 0.0376. The van der Waals surface area contributed by atoms with Crippen LogP contribution in [0.15, 0.2) is 0 Å². The Hall–Kier alpha value is -0.860. The first-order chi connectivity index (χ1) is 9.71. The van der Waals surface area contributed by atoms with E-state index in [1.807, 2.05) is 48.5 Å². The molecule has 0 heterocycles. The Balaban J connectivity index is 0.00000191. The maximum absolute atomic E-state index is 12.3. The highest BCUT2D eigenvalue weighted by atomic mass is 16.1. The number of nitrogens with one attached hydrogen (secondary N) is 1. The monoisotopic (exact) mass is 297 g/mol. The highest BCUT2D eigenvalue weighted by Crippen LogP contribution is 2.34. The smallest absolute Gasteiger partial charge is 0.222 e. The second-order valence-corrected chi connectivity index (χ2v) is 7.24. The van der Waals surface area contributed by atoms with E-state index >= 15 is 0 Å². The van der Waals surface area contributed by atoms with Crippen molar-refractivity contribution in [3.05, 3.63) is 0 Å². The standard InChI is InChI=1S/C16H29NO2.C2H6/c1-11(2)15(19)17-10-12-7-6-8-13(9-12)14(18)16(3,4)5;1-2/h11-13H,6-10H2,1-5H3,(H,17,19);1-2H3. The van der Waals surface area contributed by atoms with E-state index in [2.05, 4.69) is 5.32 Å². The van der Waals surface area contributed by atoms with Crippen molar-refractivity contribution < 1.29 is 9.59 Å². The van der Waals surface area contributed by atoms with Gasteiger partial charge < -0.3 is 5.32 Å². The van der Waals surface area contributed by atoms with Crippen LogP contribution in [0.1, 0.15) is 74.1 Å². The molecule has 1 aliphatic rings. The van der Waals surface area contributed by atoms with Gasteiger partial charge in [-0.15, -0.1) is 0 Å². The molecule has 0 bridgehead atoms. The van der Waals surface area contributed by atoms with Crippen LogP contribution in [0.2, 0.25) is 0 Å². The molecule has 0 radical (unpaired) electrons. The normalized spacial score (nSPS) is 22.3. The quantitative estimate of drug-likeness (QED) is 0.845. The predicted molar refractivity (Wildman–Crippen MR) is 89.1 cm³/mol. The summed E-state index contributed by atoms with van der Waals surface area (Å²) in [5.74, 6) is 1.19. The second kappa shape index (κ2) is 9.22. The molecule has 124 valence electrons. The van der Waals surface area contributed by atoms with Crippen LogP contribution < -0.4 is 5.32 Å². The van der Waals surface area contributed by atoms with Gasteiger partial charge in [0.15, 0.2) is 0 Å². The van der Waals surface area contributed by atoms with Crippen LogP contribution in [0.25, 0.3) is 0 Å². The molecule has 2 atom stereocenters. The fourth-order valence-electron chi connectivity index (χ4n) is 2.78. The highest BCUT2D eigenvalue weighted by Gasteiger charge is 2.33. The Labute approximate surface area is 131 Å². The third-order valence-electron chi connectivity index (χ3n) is 3.98. The summed E-state index contributed by atoms with van der Waals surface area (Å²) in [4.78, 5) is 23.9. The maximum atomic E-state index is 12.3. The van der Waals surface area contributed by atoms with Crippen molar-refractivity contribution in [3.8, 4) is 0 Å². The molecule has 2 unspecified atom stereocenters. The van der Waals surface area contributed by atoms with Crippen LogP contribution in [0.5, 0.6) is 0 Å². The number of ketones is 1.